The number of rotatable bonds is 6. The Bertz CT molecular complexity index is 507. The van der Waals surface area contributed by atoms with Crippen LogP contribution in [0.1, 0.15) is 30.7 Å². The summed E-state index contributed by atoms with van der Waals surface area (Å²) in [6, 6.07) is 5.83. The van der Waals surface area contributed by atoms with Gasteiger partial charge in [-0.3, -0.25) is 4.79 Å². The molecule has 5 heteroatoms. The summed E-state index contributed by atoms with van der Waals surface area (Å²) in [5.41, 5.74) is 1.81. The second-order valence-corrected chi connectivity index (χ2v) is 6.08. The van der Waals surface area contributed by atoms with Gasteiger partial charge in [-0.05, 0) is 37.7 Å². The zero-order valence-electron chi connectivity index (χ0n) is 12.9. The van der Waals surface area contributed by atoms with E-state index in [0.29, 0.717) is 0 Å². The van der Waals surface area contributed by atoms with Crippen LogP contribution in [-0.2, 0) is 4.79 Å². The summed E-state index contributed by atoms with van der Waals surface area (Å²) in [5.74, 6) is 0.704. The van der Waals surface area contributed by atoms with Crippen molar-refractivity contribution in [2.24, 2.45) is 0 Å². The number of carbonyl (C=O) groups is 1. The van der Waals surface area contributed by atoms with Gasteiger partial charge in [0.2, 0.25) is 0 Å². The molecular formula is C16H23ClN2O2. The molecule has 0 aromatic heterocycles. The predicted octanol–water partition coefficient (Wildman–Crippen LogP) is 3.05. The van der Waals surface area contributed by atoms with Crippen molar-refractivity contribution >= 4 is 23.2 Å². The summed E-state index contributed by atoms with van der Waals surface area (Å²) in [6.45, 7) is 4.13. The minimum Gasteiger partial charge on any atom is -0.482 e. The molecule has 1 unspecified atom stereocenters. The Labute approximate surface area is 131 Å². The highest BCUT2D eigenvalue weighted by Gasteiger charge is 2.23. The third-order valence-electron chi connectivity index (χ3n) is 3.80. The van der Waals surface area contributed by atoms with E-state index in [4.69, 9.17) is 16.3 Å². The van der Waals surface area contributed by atoms with Gasteiger partial charge in [-0.25, -0.2) is 0 Å². The Morgan fingerprint density at radius 3 is 2.95 bits per heavy atom. The molecule has 0 N–H and O–H groups in total. The largest absolute Gasteiger partial charge is 0.482 e. The number of hydrogen-bond acceptors (Lipinski definition) is 3. The number of unbranched alkanes of at least 4 members (excludes halogenated alkanes) is 1. The summed E-state index contributed by atoms with van der Waals surface area (Å²) >= 11 is 6.52. The van der Waals surface area contributed by atoms with Crippen LogP contribution in [0.3, 0.4) is 0 Å². The number of likely N-dealkylation sites (N-methyl/N-ethyl adjacent to an activating group) is 2. The van der Waals surface area contributed by atoms with Gasteiger partial charge in [0.15, 0.2) is 6.61 Å². The van der Waals surface area contributed by atoms with Crippen molar-refractivity contribution < 1.29 is 9.53 Å². The molecule has 1 amide bonds. The zero-order valence-corrected chi connectivity index (χ0v) is 13.7. The van der Waals surface area contributed by atoms with Crippen molar-refractivity contribution in [1.82, 2.24) is 4.90 Å². The normalized spacial score (nSPS) is 15.9. The van der Waals surface area contributed by atoms with Gasteiger partial charge in [0.05, 0.1) is 11.1 Å². The topological polar surface area (TPSA) is 32.8 Å². The third-order valence-corrected chi connectivity index (χ3v) is 4.19. The van der Waals surface area contributed by atoms with Crippen molar-refractivity contribution in [2.45, 2.75) is 25.1 Å². The molecule has 0 bridgehead atoms. The van der Waals surface area contributed by atoms with E-state index in [1.165, 1.54) is 12.8 Å². The Balaban J connectivity index is 2.08. The number of halogens is 1. The molecule has 1 aliphatic heterocycles. The lowest BCUT2D eigenvalue weighted by molar-refractivity contribution is -0.120. The first-order valence-electron chi connectivity index (χ1n) is 7.38. The molecule has 0 aliphatic carbocycles. The van der Waals surface area contributed by atoms with Crippen LogP contribution < -0.4 is 9.64 Å². The first-order chi connectivity index (χ1) is 10.0. The highest BCUT2D eigenvalue weighted by molar-refractivity contribution is 6.21. The van der Waals surface area contributed by atoms with Crippen molar-refractivity contribution in [3.05, 3.63) is 23.8 Å². The zero-order chi connectivity index (χ0) is 15.4. The molecule has 2 rings (SSSR count). The molecule has 0 spiro atoms. The van der Waals surface area contributed by atoms with Gasteiger partial charge < -0.3 is 14.5 Å². The Morgan fingerprint density at radius 1 is 1.48 bits per heavy atom. The fraction of sp³-hybridized carbons (Fsp3) is 0.562. The molecule has 1 heterocycles. The molecule has 1 aliphatic rings. The lowest BCUT2D eigenvalue weighted by Crippen LogP contribution is -2.35. The van der Waals surface area contributed by atoms with Gasteiger partial charge in [-0.1, -0.05) is 19.4 Å². The van der Waals surface area contributed by atoms with Crippen molar-refractivity contribution in [3.63, 3.8) is 0 Å². The van der Waals surface area contributed by atoms with Crippen LogP contribution in [0.4, 0.5) is 5.69 Å². The minimum absolute atomic E-state index is 0.0363. The van der Waals surface area contributed by atoms with Crippen LogP contribution in [0.5, 0.6) is 5.75 Å². The van der Waals surface area contributed by atoms with E-state index in [2.05, 4.69) is 18.9 Å². The van der Waals surface area contributed by atoms with E-state index in [9.17, 15) is 4.79 Å². The van der Waals surface area contributed by atoms with E-state index in [1.54, 1.807) is 11.9 Å². The third kappa shape index (κ3) is 3.89. The van der Waals surface area contributed by atoms with Crippen molar-refractivity contribution in [2.75, 3.05) is 38.7 Å². The van der Waals surface area contributed by atoms with E-state index < -0.39 is 0 Å². The molecule has 21 heavy (non-hydrogen) atoms. The van der Waals surface area contributed by atoms with Gasteiger partial charge >= 0.3 is 0 Å². The minimum atomic E-state index is -0.0948. The molecule has 0 saturated carbocycles. The van der Waals surface area contributed by atoms with Gasteiger partial charge in [0.1, 0.15) is 5.75 Å². The summed E-state index contributed by atoms with van der Waals surface area (Å²) in [4.78, 5) is 15.6. The number of nitrogens with zero attached hydrogens (tertiary/aromatic N) is 2. The average Bonchev–Trinajstić information content (AvgIpc) is 2.48. The lowest BCUT2D eigenvalue weighted by atomic mass is 10.1. The van der Waals surface area contributed by atoms with Crippen LogP contribution in [0.25, 0.3) is 0 Å². The molecule has 0 fully saturated rings. The van der Waals surface area contributed by atoms with E-state index in [-0.39, 0.29) is 17.9 Å². The van der Waals surface area contributed by atoms with Crippen LogP contribution in [0.15, 0.2) is 18.2 Å². The first kappa shape index (κ1) is 16.1. The van der Waals surface area contributed by atoms with Gasteiger partial charge in [0, 0.05) is 13.6 Å². The highest BCUT2D eigenvalue weighted by Crippen LogP contribution is 2.35. The fourth-order valence-electron chi connectivity index (χ4n) is 2.38. The Hall–Kier alpha value is -1.26. The molecule has 4 nitrogen and oxygen atoms in total. The van der Waals surface area contributed by atoms with Crippen LogP contribution >= 0.6 is 11.6 Å². The molecule has 1 atom stereocenters. The lowest BCUT2D eigenvalue weighted by Gasteiger charge is -2.27. The van der Waals surface area contributed by atoms with Gasteiger partial charge in [-0.15, -0.1) is 11.6 Å². The molecule has 1 aromatic carbocycles. The predicted molar refractivity (Wildman–Crippen MR) is 86.3 cm³/mol. The maximum absolute atomic E-state index is 11.7. The number of alkyl halides is 1. The van der Waals surface area contributed by atoms with Crippen molar-refractivity contribution in [1.29, 1.82) is 0 Å². The second kappa shape index (κ2) is 7.14. The quantitative estimate of drug-likeness (QED) is 0.757. The molecule has 0 saturated heterocycles. The van der Waals surface area contributed by atoms with Crippen LogP contribution in [-0.4, -0.2) is 44.6 Å². The Morgan fingerprint density at radius 2 is 2.24 bits per heavy atom. The molecular weight excluding hydrogens is 288 g/mol. The number of benzene rings is 1. The van der Waals surface area contributed by atoms with E-state index in [0.717, 1.165) is 30.1 Å². The van der Waals surface area contributed by atoms with Crippen LogP contribution in [0.2, 0.25) is 0 Å². The SMILES string of the molecule is CCCCN(C)CC(Cl)c1ccc2c(c1)N(C)C(=O)CO2. The highest BCUT2D eigenvalue weighted by atomic mass is 35.5. The fourth-order valence-corrected chi connectivity index (χ4v) is 2.75. The maximum atomic E-state index is 11.7. The summed E-state index contributed by atoms with van der Waals surface area (Å²) < 4.78 is 5.43. The number of carbonyl (C=O) groups excluding carboxylic acids is 1. The number of ether oxygens (including phenoxy) is 1. The standard InChI is InChI=1S/C16H23ClN2O2/c1-4-5-8-18(2)10-13(17)12-6-7-15-14(9-12)19(3)16(20)11-21-15/h6-7,9,13H,4-5,8,10-11H2,1-3H3. The van der Waals surface area contributed by atoms with Gasteiger partial charge in [0.25, 0.3) is 5.91 Å². The maximum Gasteiger partial charge on any atom is 0.264 e. The summed E-state index contributed by atoms with van der Waals surface area (Å²) in [7, 11) is 3.85. The number of fused-ring (bicyclic) bond motifs is 1. The Kier molecular flexibility index (Phi) is 5.48. The molecule has 116 valence electrons. The second-order valence-electron chi connectivity index (χ2n) is 5.55. The first-order valence-corrected chi connectivity index (χ1v) is 7.82. The number of amides is 1. The van der Waals surface area contributed by atoms with E-state index >= 15 is 0 Å². The monoisotopic (exact) mass is 310 g/mol. The van der Waals surface area contributed by atoms with Crippen LogP contribution in [0, 0.1) is 0 Å². The molecule has 0 radical (unpaired) electrons. The average molecular weight is 311 g/mol. The van der Waals surface area contributed by atoms with E-state index in [1.807, 2.05) is 18.2 Å². The summed E-state index contributed by atoms with van der Waals surface area (Å²) in [5, 5.41) is -0.0948. The summed E-state index contributed by atoms with van der Waals surface area (Å²) in [6.07, 6.45) is 2.36. The van der Waals surface area contributed by atoms with Gasteiger partial charge in [-0.2, -0.15) is 0 Å². The smallest absolute Gasteiger partial charge is 0.264 e. The molecule has 1 aromatic rings. The van der Waals surface area contributed by atoms with Crippen molar-refractivity contribution in [3.8, 4) is 5.75 Å². The number of anilines is 1. The number of hydrogen-bond donors (Lipinski definition) is 0.